The van der Waals surface area contributed by atoms with Gasteiger partial charge in [0.2, 0.25) is 0 Å². The predicted molar refractivity (Wildman–Crippen MR) is 70.7 cm³/mol. The van der Waals surface area contributed by atoms with Crippen molar-refractivity contribution >= 4 is 0 Å². The van der Waals surface area contributed by atoms with Gasteiger partial charge in [-0.2, -0.15) is 43.9 Å². The largest absolute Gasteiger partial charge is 0.391 e. The minimum absolute atomic E-state index is 0.535. The van der Waals surface area contributed by atoms with Gasteiger partial charge in [-0.3, -0.25) is 0 Å². The Hall–Kier alpha value is -1.06. The highest BCUT2D eigenvalue weighted by atomic mass is 19.3. The molecule has 4 aliphatic rings. The monoisotopic (exact) mass is 490 g/mol. The average molecular weight is 490 g/mol. The van der Waals surface area contributed by atoms with Gasteiger partial charge < -0.3 is 9.84 Å². The van der Waals surface area contributed by atoms with E-state index in [4.69, 9.17) is 0 Å². The van der Waals surface area contributed by atoms with E-state index in [0.29, 0.717) is 0 Å². The van der Waals surface area contributed by atoms with Gasteiger partial charge in [0.25, 0.3) is 11.3 Å². The fourth-order valence-electron chi connectivity index (χ4n) is 4.78. The van der Waals surface area contributed by atoms with Crippen molar-refractivity contribution in [2.75, 3.05) is 6.61 Å². The first-order valence-electron chi connectivity index (χ1n) is 8.42. The zero-order chi connectivity index (χ0) is 24.7. The zero-order valence-corrected chi connectivity index (χ0v) is 15.1. The molecule has 0 aromatic heterocycles. The molecule has 2 nitrogen and oxygen atoms in total. The second-order valence-corrected chi connectivity index (χ2v) is 7.91. The fraction of sp³-hybridized carbons (Fsp3) is 1.00. The Kier molecular flexibility index (Phi) is 4.25. The maximum absolute atomic E-state index is 15.4. The van der Waals surface area contributed by atoms with E-state index in [0.717, 1.165) is 6.92 Å². The van der Waals surface area contributed by atoms with E-state index in [9.17, 15) is 57.8 Å². The van der Waals surface area contributed by atoms with E-state index >= 15 is 8.78 Å². The topological polar surface area (TPSA) is 29.5 Å². The molecule has 0 aromatic rings. The molecular weight excluding hydrogens is 478 g/mol. The molecule has 1 atom stereocenters. The van der Waals surface area contributed by atoms with Crippen LogP contribution < -0.4 is 0 Å². The van der Waals surface area contributed by atoms with Crippen molar-refractivity contribution in [2.45, 2.75) is 84.3 Å². The van der Waals surface area contributed by atoms with E-state index in [1.807, 2.05) is 0 Å². The van der Waals surface area contributed by atoms with E-state index in [1.165, 1.54) is 0 Å². The van der Waals surface area contributed by atoms with Crippen LogP contribution in [0.5, 0.6) is 0 Å². The van der Waals surface area contributed by atoms with Crippen molar-refractivity contribution in [3.63, 3.8) is 0 Å². The van der Waals surface area contributed by atoms with Gasteiger partial charge in [0.05, 0.1) is 12.7 Å². The summed E-state index contributed by atoms with van der Waals surface area (Å²) < 4.78 is 209. The molecule has 4 saturated carbocycles. The maximum Gasteiger partial charge on any atom is 0.339 e. The van der Waals surface area contributed by atoms with Gasteiger partial charge in [-0.15, -0.1) is 0 Å². The van der Waals surface area contributed by atoms with E-state index in [1.54, 1.807) is 0 Å². The van der Waals surface area contributed by atoms with Crippen molar-refractivity contribution in [2.24, 2.45) is 0 Å². The van der Waals surface area contributed by atoms with Gasteiger partial charge in [-0.25, -0.2) is 17.6 Å². The number of rotatable bonds is 4. The summed E-state index contributed by atoms with van der Waals surface area (Å²) in [6.45, 7) is -1.62. The third kappa shape index (κ3) is 1.59. The van der Waals surface area contributed by atoms with Crippen LogP contribution in [0.25, 0.3) is 0 Å². The standard InChI is InChI=1S/C15H12F14O2/c1-3-5(30)4-31-6(2)7(16)11(20,21)9(18)13(24,25)8(6,17)14(26,27)10(19,12(7,22)23)15(9,28)29/h5,30H,3-4H2,1-2H3. The van der Waals surface area contributed by atoms with Crippen LogP contribution in [0.4, 0.5) is 61.5 Å². The number of hydrogen-bond donors (Lipinski definition) is 1. The van der Waals surface area contributed by atoms with Crippen LogP contribution in [0.2, 0.25) is 0 Å². The third-order valence-corrected chi connectivity index (χ3v) is 6.68. The molecule has 0 radical (unpaired) electrons. The first-order chi connectivity index (χ1) is 13.5. The van der Waals surface area contributed by atoms with Gasteiger partial charge in [0.1, 0.15) is 0 Å². The van der Waals surface area contributed by atoms with Crippen LogP contribution in [0, 0.1) is 0 Å². The quantitative estimate of drug-likeness (QED) is 0.585. The Morgan fingerprint density at radius 2 is 0.839 bits per heavy atom. The van der Waals surface area contributed by atoms with Gasteiger partial charge in [0.15, 0.2) is 5.60 Å². The Labute approximate surface area is 163 Å². The molecular formula is C15H12F14O2. The molecule has 0 aliphatic heterocycles. The molecule has 4 bridgehead atoms. The molecule has 1 N–H and O–H groups in total. The molecule has 4 aliphatic carbocycles. The van der Waals surface area contributed by atoms with E-state index < -0.39 is 83.9 Å². The second-order valence-electron chi connectivity index (χ2n) is 7.91. The van der Waals surface area contributed by atoms with Crippen molar-refractivity contribution in [1.29, 1.82) is 0 Å². The molecule has 182 valence electrons. The summed E-state index contributed by atoms with van der Waals surface area (Å²) in [4.78, 5) is 0. The lowest BCUT2D eigenvalue weighted by atomic mass is 9.37. The van der Waals surface area contributed by atoms with Gasteiger partial charge >= 0.3 is 41.0 Å². The predicted octanol–water partition coefficient (Wildman–Crippen LogP) is 4.58. The SMILES string of the molecule is CCC(O)COC1(C)C2(F)C(F)(F)C3(F)C(F)(F)C(F)(C2(F)F)C(F)(F)C1(F)C3(F)F. The molecule has 0 saturated heterocycles. The highest BCUT2D eigenvalue weighted by molar-refractivity contribution is 5.55. The Bertz CT molecular complexity index is 722. The van der Waals surface area contributed by atoms with Gasteiger partial charge in [-0.1, -0.05) is 6.92 Å². The van der Waals surface area contributed by atoms with Crippen molar-refractivity contribution in [1.82, 2.24) is 0 Å². The Balaban J connectivity index is 2.56. The molecule has 16 heteroatoms. The van der Waals surface area contributed by atoms with Crippen molar-refractivity contribution < 1.29 is 71.3 Å². The van der Waals surface area contributed by atoms with Crippen LogP contribution in [-0.4, -0.2) is 75.7 Å². The summed E-state index contributed by atoms with van der Waals surface area (Å²) in [5, 5.41) is 9.31. The highest BCUT2D eigenvalue weighted by Crippen LogP contribution is 2.88. The number of halogens is 14. The summed E-state index contributed by atoms with van der Waals surface area (Å²) in [5.74, 6) is -37.2. The molecule has 0 amide bonds. The molecule has 31 heavy (non-hydrogen) atoms. The lowest BCUT2D eigenvalue weighted by molar-refractivity contribution is -0.601. The normalized spacial score (nSPS) is 51.0. The molecule has 1 unspecified atom stereocenters. The maximum atomic E-state index is 15.4. The first-order valence-corrected chi connectivity index (χ1v) is 8.42. The summed E-state index contributed by atoms with van der Waals surface area (Å²) in [6, 6.07) is 0. The average Bonchev–Trinajstić information content (AvgIpc) is 2.64. The van der Waals surface area contributed by atoms with Crippen LogP contribution >= 0.6 is 0 Å². The number of alkyl halides is 14. The number of ether oxygens (including phenoxy) is 1. The fourth-order valence-corrected chi connectivity index (χ4v) is 4.78. The van der Waals surface area contributed by atoms with Crippen LogP contribution in [0.15, 0.2) is 0 Å². The highest BCUT2D eigenvalue weighted by Gasteiger charge is 3.21. The zero-order valence-electron chi connectivity index (χ0n) is 15.1. The minimum atomic E-state index is -7.70. The molecule has 0 aromatic carbocycles. The molecule has 4 fully saturated rings. The molecule has 0 spiro atoms. The van der Waals surface area contributed by atoms with Crippen molar-refractivity contribution in [3.05, 3.63) is 0 Å². The number of aliphatic hydroxyl groups is 1. The lowest BCUT2D eigenvalue weighted by Gasteiger charge is -2.76. The molecule has 0 heterocycles. The summed E-state index contributed by atoms with van der Waals surface area (Å²) in [5.41, 5.74) is -34.2. The van der Waals surface area contributed by atoms with Gasteiger partial charge in [0, 0.05) is 0 Å². The lowest BCUT2D eigenvalue weighted by Crippen LogP contribution is -3.09. The number of hydrogen-bond acceptors (Lipinski definition) is 2. The van der Waals surface area contributed by atoms with Crippen LogP contribution in [0.3, 0.4) is 0 Å². The van der Waals surface area contributed by atoms with E-state index in [2.05, 4.69) is 4.74 Å². The van der Waals surface area contributed by atoms with Crippen molar-refractivity contribution in [3.8, 4) is 0 Å². The van der Waals surface area contributed by atoms with Gasteiger partial charge in [-0.05, 0) is 13.3 Å². The second kappa shape index (κ2) is 5.36. The summed E-state index contributed by atoms with van der Waals surface area (Å²) >= 11 is 0. The summed E-state index contributed by atoms with van der Waals surface area (Å²) in [6.07, 6.45) is -2.60. The smallest absolute Gasteiger partial charge is 0.339 e. The van der Waals surface area contributed by atoms with Crippen LogP contribution in [0.1, 0.15) is 20.3 Å². The van der Waals surface area contributed by atoms with E-state index in [-0.39, 0.29) is 0 Å². The Morgan fingerprint density at radius 1 is 0.581 bits per heavy atom. The molecule has 4 rings (SSSR count). The Morgan fingerprint density at radius 3 is 1.10 bits per heavy atom. The summed E-state index contributed by atoms with van der Waals surface area (Å²) in [7, 11) is 0. The number of aliphatic hydroxyl groups excluding tert-OH is 1. The minimum Gasteiger partial charge on any atom is -0.391 e. The third-order valence-electron chi connectivity index (χ3n) is 6.68. The first kappa shape index (κ1) is 24.6. The van der Waals surface area contributed by atoms with Crippen LogP contribution in [-0.2, 0) is 4.74 Å².